The van der Waals surface area contributed by atoms with Gasteiger partial charge in [-0.3, -0.25) is 4.79 Å². The van der Waals surface area contributed by atoms with E-state index in [1.165, 1.54) is 25.7 Å². The molecule has 0 spiro atoms. The van der Waals surface area contributed by atoms with E-state index in [9.17, 15) is 4.79 Å². The maximum Gasteiger partial charge on any atom is 0.293 e. The second-order valence-electron chi connectivity index (χ2n) is 5.39. The molecule has 1 fully saturated rings. The van der Waals surface area contributed by atoms with Gasteiger partial charge in [0.25, 0.3) is 5.56 Å². The summed E-state index contributed by atoms with van der Waals surface area (Å²) in [5, 5.41) is 3.23. The Morgan fingerprint density at radius 2 is 2.33 bits per heavy atom. The highest BCUT2D eigenvalue weighted by Gasteiger charge is 2.19. The van der Waals surface area contributed by atoms with Crippen molar-refractivity contribution < 1.29 is 0 Å². The predicted octanol–water partition coefficient (Wildman–Crippen LogP) is 2.50. The third kappa shape index (κ3) is 3.12. The largest absolute Gasteiger partial charge is 0.365 e. The molecule has 1 aliphatic carbocycles. The van der Waals surface area contributed by atoms with Gasteiger partial charge in [-0.25, -0.2) is 4.98 Å². The Kier molecular flexibility index (Phi) is 4.39. The Hall–Kier alpha value is -1.32. The zero-order valence-electron chi connectivity index (χ0n) is 11.4. The lowest BCUT2D eigenvalue weighted by molar-refractivity contribution is 0.293. The minimum Gasteiger partial charge on any atom is -0.365 e. The fraction of sp³-hybridized carbons (Fsp3) is 0.714. The van der Waals surface area contributed by atoms with Crippen molar-refractivity contribution in [3.05, 3.63) is 22.7 Å². The second-order valence-corrected chi connectivity index (χ2v) is 5.39. The topological polar surface area (TPSA) is 46.9 Å². The molecule has 4 nitrogen and oxygen atoms in total. The average molecular weight is 249 g/mol. The van der Waals surface area contributed by atoms with Crippen LogP contribution in [0.15, 0.2) is 17.2 Å². The van der Waals surface area contributed by atoms with Gasteiger partial charge >= 0.3 is 0 Å². The SMILES string of the molecule is CCn1ccnc(NCC2CCCC(C)C2)c1=O. The normalized spacial score (nSPS) is 23.9. The molecule has 0 amide bonds. The summed E-state index contributed by atoms with van der Waals surface area (Å²) in [7, 11) is 0. The van der Waals surface area contributed by atoms with E-state index in [0.29, 0.717) is 18.3 Å². The molecular weight excluding hydrogens is 226 g/mol. The van der Waals surface area contributed by atoms with Gasteiger partial charge in [0.05, 0.1) is 0 Å². The summed E-state index contributed by atoms with van der Waals surface area (Å²) >= 11 is 0. The van der Waals surface area contributed by atoms with E-state index < -0.39 is 0 Å². The van der Waals surface area contributed by atoms with Gasteiger partial charge < -0.3 is 9.88 Å². The highest BCUT2D eigenvalue weighted by atomic mass is 16.1. The number of anilines is 1. The Bertz CT molecular complexity index is 441. The van der Waals surface area contributed by atoms with E-state index in [1.807, 2.05) is 6.92 Å². The molecule has 0 radical (unpaired) electrons. The molecule has 1 aliphatic rings. The van der Waals surface area contributed by atoms with E-state index >= 15 is 0 Å². The molecule has 1 aromatic heterocycles. The summed E-state index contributed by atoms with van der Waals surface area (Å²) in [5.41, 5.74) is -0.0103. The van der Waals surface area contributed by atoms with Crippen molar-refractivity contribution >= 4 is 5.82 Å². The lowest BCUT2D eigenvalue weighted by atomic mass is 9.82. The van der Waals surface area contributed by atoms with Gasteiger partial charge in [0.2, 0.25) is 0 Å². The lowest BCUT2D eigenvalue weighted by Crippen LogP contribution is -2.27. The molecule has 1 saturated carbocycles. The van der Waals surface area contributed by atoms with E-state index in [0.717, 1.165) is 12.5 Å². The summed E-state index contributed by atoms with van der Waals surface area (Å²) in [5.74, 6) is 2.00. The molecule has 1 aromatic rings. The Balaban J connectivity index is 1.96. The van der Waals surface area contributed by atoms with Crippen LogP contribution >= 0.6 is 0 Å². The molecule has 18 heavy (non-hydrogen) atoms. The van der Waals surface area contributed by atoms with Crippen LogP contribution in [0.1, 0.15) is 39.5 Å². The first-order chi connectivity index (χ1) is 8.70. The number of hydrogen-bond donors (Lipinski definition) is 1. The first-order valence-electron chi connectivity index (χ1n) is 7.00. The first kappa shape index (κ1) is 13.1. The maximum atomic E-state index is 12.0. The third-order valence-corrected chi connectivity index (χ3v) is 3.86. The predicted molar refractivity (Wildman–Crippen MR) is 73.8 cm³/mol. The minimum atomic E-state index is -0.0103. The van der Waals surface area contributed by atoms with E-state index in [4.69, 9.17) is 0 Å². The van der Waals surface area contributed by atoms with Crippen molar-refractivity contribution in [3.63, 3.8) is 0 Å². The van der Waals surface area contributed by atoms with Crippen molar-refractivity contribution in [2.75, 3.05) is 11.9 Å². The van der Waals surface area contributed by atoms with Crippen LogP contribution in [-0.4, -0.2) is 16.1 Å². The molecule has 2 atom stereocenters. The number of aromatic nitrogens is 2. The van der Waals surface area contributed by atoms with Crippen LogP contribution in [0.25, 0.3) is 0 Å². The van der Waals surface area contributed by atoms with Gasteiger partial charge in [-0.15, -0.1) is 0 Å². The Labute approximate surface area is 108 Å². The highest BCUT2D eigenvalue weighted by Crippen LogP contribution is 2.28. The number of rotatable bonds is 4. The third-order valence-electron chi connectivity index (χ3n) is 3.86. The number of hydrogen-bond acceptors (Lipinski definition) is 3. The standard InChI is InChI=1S/C14H23N3O/c1-3-17-8-7-15-13(14(17)18)16-10-12-6-4-5-11(2)9-12/h7-8,11-12H,3-6,9-10H2,1-2H3,(H,15,16). The van der Waals surface area contributed by atoms with Crippen LogP contribution in [0.2, 0.25) is 0 Å². The fourth-order valence-electron chi connectivity index (χ4n) is 2.80. The van der Waals surface area contributed by atoms with Gasteiger partial charge in [-0.1, -0.05) is 19.8 Å². The fourth-order valence-corrected chi connectivity index (χ4v) is 2.80. The molecule has 4 heteroatoms. The second kappa shape index (κ2) is 6.03. The van der Waals surface area contributed by atoms with Gasteiger partial charge in [-0.05, 0) is 31.6 Å². The Morgan fingerprint density at radius 3 is 3.06 bits per heavy atom. The molecule has 0 aliphatic heterocycles. The molecule has 2 rings (SSSR count). The number of nitrogens with zero attached hydrogens (tertiary/aromatic N) is 2. The van der Waals surface area contributed by atoms with Gasteiger partial charge in [-0.2, -0.15) is 0 Å². The molecule has 1 N–H and O–H groups in total. The first-order valence-corrected chi connectivity index (χ1v) is 7.00. The quantitative estimate of drug-likeness (QED) is 0.892. The van der Waals surface area contributed by atoms with Gasteiger partial charge in [0.15, 0.2) is 5.82 Å². The molecule has 0 saturated heterocycles. The monoisotopic (exact) mass is 249 g/mol. The summed E-state index contributed by atoms with van der Waals surface area (Å²) in [6.07, 6.45) is 8.62. The Morgan fingerprint density at radius 1 is 1.50 bits per heavy atom. The van der Waals surface area contributed by atoms with Crippen LogP contribution in [0.4, 0.5) is 5.82 Å². The van der Waals surface area contributed by atoms with Crippen molar-refractivity contribution in [2.45, 2.75) is 46.1 Å². The van der Waals surface area contributed by atoms with Crippen LogP contribution in [0.5, 0.6) is 0 Å². The maximum absolute atomic E-state index is 12.0. The van der Waals surface area contributed by atoms with Crippen molar-refractivity contribution in [1.29, 1.82) is 0 Å². The highest BCUT2D eigenvalue weighted by molar-refractivity contribution is 5.30. The summed E-state index contributed by atoms with van der Waals surface area (Å²) in [4.78, 5) is 16.1. The molecular formula is C14H23N3O. The summed E-state index contributed by atoms with van der Waals surface area (Å²) in [6.45, 7) is 5.85. The number of aryl methyl sites for hydroxylation is 1. The van der Waals surface area contributed by atoms with Crippen molar-refractivity contribution in [2.24, 2.45) is 11.8 Å². The van der Waals surface area contributed by atoms with E-state index in [2.05, 4.69) is 17.2 Å². The van der Waals surface area contributed by atoms with Crippen LogP contribution < -0.4 is 10.9 Å². The van der Waals surface area contributed by atoms with Crippen molar-refractivity contribution in [3.8, 4) is 0 Å². The summed E-state index contributed by atoms with van der Waals surface area (Å²) < 4.78 is 1.68. The van der Waals surface area contributed by atoms with Gasteiger partial charge in [0.1, 0.15) is 0 Å². The zero-order chi connectivity index (χ0) is 13.0. The van der Waals surface area contributed by atoms with Crippen LogP contribution in [0, 0.1) is 11.8 Å². The van der Waals surface area contributed by atoms with E-state index in [-0.39, 0.29) is 5.56 Å². The summed E-state index contributed by atoms with van der Waals surface area (Å²) in [6, 6.07) is 0. The number of nitrogens with one attached hydrogen (secondary N) is 1. The molecule has 2 unspecified atom stereocenters. The molecule has 0 bridgehead atoms. The molecule has 1 heterocycles. The van der Waals surface area contributed by atoms with Crippen LogP contribution in [0.3, 0.4) is 0 Å². The zero-order valence-corrected chi connectivity index (χ0v) is 11.4. The van der Waals surface area contributed by atoms with Crippen molar-refractivity contribution in [1.82, 2.24) is 9.55 Å². The van der Waals surface area contributed by atoms with E-state index in [1.54, 1.807) is 17.0 Å². The molecule has 100 valence electrons. The molecule has 0 aromatic carbocycles. The smallest absolute Gasteiger partial charge is 0.293 e. The lowest BCUT2D eigenvalue weighted by Gasteiger charge is -2.26. The average Bonchev–Trinajstić information content (AvgIpc) is 2.38. The minimum absolute atomic E-state index is 0.0103. The van der Waals surface area contributed by atoms with Crippen LogP contribution in [-0.2, 0) is 6.54 Å². The van der Waals surface area contributed by atoms with Gasteiger partial charge in [0, 0.05) is 25.5 Å².